The van der Waals surface area contributed by atoms with Gasteiger partial charge in [0.1, 0.15) is 0 Å². The number of hydrogen-bond acceptors (Lipinski definition) is 4. The SMILES string of the molecule is O=C1NOc2ccccc2N1CCN1CCN(c2ccc(C(F)(F)F)cc2)CC1. The maximum absolute atomic E-state index is 12.7. The van der Waals surface area contributed by atoms with E-state index in [4.69, 9.17) is 4.84 Å². The highest BCUT2D eigenvalue weighted by Crippen LogP contribution is 2.31. The number of carbonyl (C=O) groups is 1. The van der Waals surface area contributed by atoms with Gasteiger partial charge in [-0.1, -0.05) is 12.1 Å². The van der Waals surface area contributed by atoms with Crippen LogP contribution < -0.4 is 20.1 Å². The molecule has 4 rings (SSSR count). The van der Waals surface area contributed by atoms with E-state index in [0.717, 1.165) is 49.7 Å². The molecule has 0 unspecified atom stereocenters. The first kappa shape index (κ1) is 19.4. The first-order chi connectivity index (χ1) is 13.9. The Morgan fingerprint density at radius 2 is 1.62 bits per heavy atom. The second-order valence-electron chi connectivity index (χ2n) is 7.00. The van der Waals surface area contributed by atoms with E-state index in [9.17, 15) is 18.0 Å². The third-order valence-corrected chi connectivity index (χ3v) is 5.22. The Balaban J connectivity index is 1.31. The fourth-order valence-corrected chi connectivity index (χ4v) is 3.58. The summed E-state index contributed by atoms with van der Waals surface area (Å²) in [5, 5.41) is 0. The molecule has 2 aromatic rings. The molecule has 2 aliphatic heterocycles. The molecule has 1 fully saturated rings. The summed E-state index contributed by atoms with van der Waals surface area (Å²) in [4.78, 5) is 23.3. The van der Waals surface area contributed by atoms with Crippen LogP contribution in [-0.4, -0.2) is 50.2 Å². The Hall–Kier alpha value is -2.94. The lowest BCUT2D eigenvalue weighted by Crippen LogP contribution is -2.51. The molecule has 0 aromatic heterocycles. The number of urea groups is 1. The number of carbonyl (C=O) groups excluding carboxylic acids is 1. The van der Waals surface area contributed by atoms with Gasteiger partial charge in [-0.15, -0.1) is 0 Å². The number of hydrogen-bond donors (Lipinski definition) is 1. The summed E-state index contributed by atoms with van der Waals surface area (Å²) in [6, 6.07) is 12.3. The summed E-state index contributed by atoms with van der Waals surface area (Å²) in [6.07, 6.45) is -4.32. The van der Waals surface area contributed by atoms with Crippen LogP contribution >= 0.6 is 0 Å². The zero-order chi connectivity index (χ0) is 20.4. The molecule has 2 amide bonds. The highest BCUT2D eigenvalue weighted by molar-refractivity contribution is 5.94. The lowest BCUT2D eigenvalue weighted by Gasteiger charge is -2.37. The quantitative estimate of drug-likeness (QED) is 0.846. The van der Waals surface area contributed by atoms with Crippen molar-refractivity contribution in [3.05, 3.63) is 54.1 Å². The number of nitrogens with one attached hydrogen (secondary N) is 1. The molecule has 0 radical (unpaired) electrons. The molecule has 1 N–H and O–H groups in total. The smallest absolute Gasteiger partial charge is 0.376 e. The van der Waals surface area contributed by atoms with Crippen molar-refractivity contribution in [3.8, 4) is 5.75 Å². The minimum Gasteiger partial charge on any atom is -0.376 e. The summed E-state index contributed by atoms with van der Waals surface area (Å²) in [6.45, 7) is 4.20. The summed E-state index contributed by atoms with van der Waals surface area (Å²) < 4.78 is 38.1. The molecule has 0 aliphatic carbocycles. The number of rotatable bonds is 4. The minimum atomic E-state index is -4.32. The maximum Gasteiger partial charge on any atom is 0.416 e. The fraction of sp³-hybridized carbons (Fsp3) is 0.350. The summed E-state index contributed by atoms with van der Waals surface area (Å²) in [5.41, 5.74) is 3.29. The fourth-order valence-electron chi connectivity index (χ4n) is 3.58. The number of anilines is 2. The molecule has 0 saturated carbocycles. The molecule has 154 valence electrons. The van der Waals surface area contributed by atoms with Crippen LogP contribution in [0.1, 0.15) is 5.56 Å². The van der Waals surface area contributed by atoms with E-state index in [0.29, 0.717) is 18.8 Å². The third kappa shape index (κ3) is 4.24. The summed E-state index contributed by atoms with van der Waals surface area (Å²) >= 11 is 0. The number of amides is 2. The van der Waals surface area contributed by atoms with Crippen molar-refractivity contribution in [1.29, 1.82) is 0 Å². The van der Waals surface area contributed by atoms with Gasteiger partial charge < -0.3 is 9.74 Å². The number of para-hydroxylation sites is 2. The Morgan fingerprint density at radius 1 is 0.931 bits per heavy atom. The van der Waals surface area contributed by atoms with E-state index in [1.165, 1.54) is 12.1 Å². The average Bonchev–Trinajstić information content (AvgIpc) is 2.73. The van der Waals surface area contributed by atoms with E-state index >= 15 is 0 Å². The van der Waals surface area contributed by atoms with Gasteiger partial charge in [0.15, 0.2) is 5.75 Å². The van der Waals surface area contributed by atoms with Crippen LogP contribution in [0.3, 0.4) is 0 Å². The zero-order valence-corrected chi connectivity index (χ0v) is 15.7. The van der Waals surface area contributed by atoms with Gasteiger partial charge in [-0.2, -0.15) is 18.7 Å². The molecule has 2 heterocycles. The average molecular weight is 406 g/mol. The van der Waals surface area contributed by atoms with Crippen LogP contribution in [-0.2, 0) is 6.18 Å². The summed E-state index contributed by atoms with van der Waals surface area (Å²) in [7, 11) is 0. The monoisotopic (exact) mass is 406 g/mol. The number of hydroxylamine groups is 1. The van der Waals surface area contributed by atoms with Gasteiger partial charge in [0.05, 0.1) is 11.3 Å². The normalized spacial score (nSPS) is 17.6. The molecule has 0 spiro atoms. The Morgan fingerprint density at radius 3 is 2.31 bits per heavy atom. The van der Waals surface area contributed by atoms with Crippen molar-refractivity contribution in [2.75, 3.05) is 49.1 Å². The van der Waals surface area contributed by atoms with Crippen LogP contribution in [0.4, 0.5) is 29.3 Å². The predicted octanol–water partition coefficient (Wildman–Crippen LogP) is 3.35. The van der Waals surface area contributed by atoms with E-state index < -0.39 is 11.7 Å². The molecule has 29 heavy (non-hydrogen) atoms. The van der Waals surface area contributed by atoms with E-state index in [-0.39, 0.29) is 6.03 Å². The topological polar surface area (TPSA) is 48.1 Å². The molecule has 0 bridgehead atoms. The Bertz CT molecular complexity index is 865. The highest BCUT2D eigenvalue weighted by Gasteiger charge is 2.30. The van der Waals surface area contributed by atoms with Gasteiger partial charge in [-0.05, 0) is 36.4 Å². The van der Waals surface area contributed by atoms with Crippen LogP contribution in [0, 0.1) is 0 Å². The van der Waals surface area contributed by atoms with Crippen LogP contribution in [0.15, 0.2) is 48.5 Å². The van der Waals surface area contributed by atoms with Crippen molar-refractivity contribution < 1.29 is 22.8 Å². The van der Waals surface area contributed by atoms with Crippen molar-refractivity contribution in [2.45, 2.75) is 6.18 Å². The number of piperazine rings is 1. The molecule has 2 aliphatic rings. The largest absolute Gasteiger partial charge is 0.416 e. The molecule has 0 atom stereocenters. The Labute approximate surface area is 166 Å². The van der Waals surface area contributed by atoms with E-state index in [1.54, 1.807) is 11.0 Å². The van der Waals surface area contributed by atoms with Gasteiger partial charge in [0, 0.05) is 45.0 Å². The zero-order valence-electron chi connectivity index (χ0n) is 15.7. The Kier molecular flexibility index (Phi) is 5.23. The van der Waals surface area contributed by atoms with E-state index in [2.05, 4.69) is 15.3 Å². The minimum absolute atomic E-state index is 0.299. The van der Waals surface area contributed by atoms with Gasteiger partial charge in [0.2, 0.25) is 0 Å². The molecule has 6 nitrogen and oxygen atoms in total. The van der Waals surface area contributed by atoms with Crippen molar-refractivity contribution in [3.63, 3.8) is 0 Å². The van der Waals surface area contributed by atoms with E-state index in [1.807, 2.05) is 18.2 Å². The molecule has 2 aromatic carbocycles. The number of benzene rings is 2. The second kappa shape index (κ2) is 7.82. The lowest BCUT2D eigenvalue weighted by molar-refractivity contribution is -0.137. The first-order valence-corrected chi connectivity index (χ1v) is 9.40. The molecular formula is C20H21F3N4O2. The van der Waals surface area contributed by atoms with Crippen LogP contribution in [0.25, 0.3) is 0 Å². The van der Waals surface area contributed by atoms with Gasteiger partial charge in [-0.3, -0.25) is 9.80 Å². The van der Waals surface area contributed by atoms with Gasteiger partial charge >= 0.3 is 12.2 Å². The van der Waals surface area contributed by atoms with Crippen molar-refractivity contribution >= 4 is 17.4 Å². The first-order valence-electron chi connectivity index (χ1n) is 9.40. The van der Waals surface area contributed by atoms with Gasteiger partial charge in [-0.25, -0.2) is 4.79 Å². The van der Waals surface area contributed by atoms with Crippen LogP contribution in [0.2, 0.25) is 0 Å². The number of halogens is 3. The molecular weight excluding hydrogens is 385 g/mol. The molecule has 1 saturated heterocycles. The number of fused-ring (bicyclic) bond motifs is 1. The lowest BCUT2D eigenvalue weighted by atomic mass is 10.1. The highest BCUT2D eigenvalue weighted by atomic mass is 19.4. The second-order valence-corrected chi connectivity index (χ2v) is 7.00. The van der Waals surface area contributed by atoms with Crippen molar-refractivity contribution in [2.24, 2.45) is 0 Å². The summed E-state index contributed by atoms with van der Waals surface area (Å²) in [5.74, 6) is 0.610. The predicted molar refractivity (Wildman–Crippen MR) is 103 cm³/mol. The van der Waals surface area contributed by atoms with Crippen molar-refractivity contribution in [1.82, 2.24) is 10.4 Å². The number of nitrogens with zero attached hydrogens (tertiary/aromatic N) is 3. The number of alkyl halides is 3. The van der Waals surface area contributed by atoms with Gasteiger partial charge in [0.25, 0.3) is 0 Å². The molecule has 9 heteroatoms. The maximum atomic E-state index is 12.7. The van der Waals surface area contributed by atoms with Crippen LogP contribution in [0.5, 0.6) is 5.75 Å². The standard InChI is InChI=1S/C20H21F3N4O2/c21-20(22,23)15-5-7-16(8-6-15)26-12-9-25(10-13-26)11-14-27-17-3-1-2-4-18(17)29-24-19(27)28/h1-8H,9-14H2,(H,24,28). The third-order valence-electron chi connectivity index (χ3n) is 5.22.